The standard InChI is InChI=1S/C21H23N3O4S2/c1-13-7-8-14(20(25)22-10-15-5-3-4-6-18(15)28-2)9-16(13)23-21-24-17-11-30(26,27)12-19(17)29-21/h3-9,17,19H,10-12H2,1-2H3,(H,22,25)(H,23,24). The summed E-state index contributed by atoms with van der Waals surface area (Å²) in [7, 11) is -1.38. The Morgan fingerprint density at radius 1 is 1.23 bits per heavy atom. The number of amidine groups is 1. The lowest BCUT2D eigenvalue weighted by Crippen LogP contribution is -2.23. The van der Waals surface area contributed by atoms with Crippen LogP contribution in [-0.4, -0.2) is 49.4 Å². The number of ether oxygens (including phenoxy) is 1. The van der Waals surface area contributed by atoms with Crippen LogP contribution in [0.15, 0.2) is 47.5 Å². The number of anilines is 1. The lowest BCUT2D eigenvalue weighted by Gasteiger charge is -2.13. The van der Waals surface area contributed by atoms with Gasteiger partial charge in [-0.05, 0) is 30.7 Å². The summed E-state index contributed by atoms with van der Waals surface area (Å²) in [6.07, 6.45) is 0. The van der Waals surface area contributed by atoms with Crippen molar-refractivity contribution in [3.8, 4) is 5.75 Å². The number of aryl methyl sites for hydroxylation is 1. The third kappa shape index (κ3) is 4.46. The van der Waals surface area contributed by atoms with Crippen molar-refractivity contribution in [1.82, 2.24) is 5.32 Å². The average molecular weight is 446 g/mol. The molecule has 7 nitrogen and oxygen atoms in total. The van der Waals surface area contributed by atoms with Crippen molar-refractivity contribution >= 4 is 38.4 Å². The van der Waals surface area contributed by atoms with E-state index < -0.39 is 9.84 Å². The Morgan fingerprint density at radius 2 is 2.03 bits per heavy atom. The number of thioether (sulfide) groups is 1. The fourth-order valence-electron chi connectivity index (χ4n) is 3.56. The number of para-hydroxylation sites is 1. The molecule has 158 valence electrons. The second-order valence-corrected chi connectivity index (χ2v) is 10.8. The molecule has 2 aromatic rings. The zero-order valence-corrected chi connectivity index (χ0v) is 18.3. The normalized spacial score (nSPS) is 21.6. The molecule has 2 N–H and O–H groups in total. The van der Waals surface area contributed by atoms with Gasteiger partial charge >= 0.3 is 0 Å². The average Bonchev–Trinajstić information content (AvgIpc) is 3.20. The maximum atomic E-state index is 12.7. The minimum Gasteiger partial charge on any atom is -0.496 e. The zero-order valence-electron chi connectivity index (χ0n) is 16.7. The first-order valence-electron chi connectivity index (χ1n) is 9.57. The lowest BCUT2D eigenvalue weighted by atomic mass is 10.1. The summed E-state index contributed by atoms with van der Waals surface area (Å²) in [5.41, 5.74) is 3.19. The van der Waals surface area contributed by atoms with Crippen LogP contribution < -0.4 is 15.4 Å². The predicted octanol–water partition coefficient (Wildman–Crippen LogP) is 2.61. The van der Waals surface area contributed by atoms with Crippen molar-refractivity contribution in [2.75, 3.05) is 23.9 Å². The highest BCUT2D eigenvalue weighted by Gasteiger charge is 2.42. The van der Waals surface area contributed by atoms with Crippen LogP contribution >= 0.6 is 11.8 Å². The molecule has 0 saturated carbocycles. The third-order valence-electron chi connectivity index (χ3n) is 5.19. The first-order chi connectivity index (χ1) is 14.3. The quantitative estimate of drug-likeness (QED) is 0.734. The number of carbonyl (C=O) groups is 1. The molecule has 2 aromatic carbocycles. The van der Waals surface area contributed by atoms with Gasteiger partial charge in [0.15, 0.2) is 15.0 Å². The Labute approximate surface area is 180 Å². The largest absolute Gasteiger partial charge is 0.496 e. The molecule has 2 unspecified atom stereocenters. The second-order valence-electron chi connectivity index (χ2n) is 7.38. The summed E-state index contributed by atoms with van der Waals surface area (Å²) in [5.74, 6) is 0.822. The molecule has 0 spiro atoms. The van der Waals surface area contributed by atoms with Crippen molar-refractivity contribution in [2.45, 2.75) is 24.8 Å². The predicted molar refractivity (Wildman–Crippen MR) is 120 cm³/mol. The first kappa shape index (κ1) is 20.7. The Hall–Kier alpha value is -2.52. The van der Waals surface area contributed by atoms with E-state index in [1.807, 2.05) is 37.3 Å². The minimum absolute atomic E-state index is 0.0230. The summed E-state index contributed by atoms with van der Waals surface area (Å²) >= 11 is 1.46. The molecule has 1 fully saturated rings. The molecule has 0 aliphatic carbocycles. The lowest BCUT2D eigenvalue weighted by molar-refractivity contribution is 0.0950. The van der Waals surface area contributed by atoms with Gasteiger partial charge in [-0.25, -0.2) is 8.42 Å². The van der Waals surface area contributed by atoms with Crippen LogP contribution in [0.2, 0.25) is 0 Å². The van der Waals surface area contributed by atoms with Crippen LogP contribution in [-0.2, 0) is 16.4 Å². The highest BCUT2D eigenvalue weighted by atomic mass is 32.2. The molecule has 2 heterocycles. The Morgan fingerprint density at radius 3 is 2.80 bits per heavy atom. The van der Waals surface area contributed by atoms with Crippen LogP contribution in [0.3, 0.4) is 0 Å². The Bertz CT molecular complexity index is 1110. The summed E-state index contributed by atoms with van der Waals surface area (Å²) < 4.78 is 28.8. The van der Waals surface area contributed by atoms with E-state index in [4.69, 9.17) is 4.74 Å². The van der Waals surface area contributed by atoms with Crippen molar-refractivity contribution in [3.05, 3.63) is 59.2 Å². The van der Waals surface area contributed by atoms with Crippen LogP contribution in [0.5, 0.6) is 5.75 Å². The summed E-state index contributed by atoms with van der Waals surface area (Å²) in [4.78, 5) is 17.2. The molecule has 1 saturated heterocycles. The van der Waals surface area contributed by atoms with Crippen LogP contribution in [0.25, 0.3) is 0 Å². The van der Waals surface area contributed by atoms with Gasteiger partial charge < -0.3 is 15.4 Å². The number of hydrogen-bond donors (Lipinski definition) is 2. The molecule has 2 atom stereocenters. The van der Waals surface area contributed by atoms with Gasteiger partial charge in [0.25, 0.3) is 5.91 Å². The van der Waals surface area contributed by atoms with Crippen molar-refractivity contribution in [2.24, 2.45) is 4.99 Å². The maximum absolute atomic E-state index is 12.7. The van der Waals surface area contributed by atoms with Crippen molar-refractivity contribution < 1.29 is 17.9 Å². The van der Waals surface area contributed by atoms with Crippen LogP contribution in [0.1, 0.15) is 21.5 Å². The topological polar surface area (TPSA) is 96.9 Å². The van der Waals surface area contributed by atoms with Gasteiger partial charge in [-0.2, -0.15) is 0 Å². The van der Waals surface area contributed by atoms with Gasteiger partial charge in [-0.15, -0.1) is 0 Å². The van der Waals surface area contributed by atoms with Gasteiger partial charge in [0.2, 0.25) is 0 Å². The Balaban J connectivity index is 1.44. The van der Waals surface area contributed by atoms with Crippen molar-refractivity contribution in [1.29, 1.82) is 0 Å². The smallest absolute Gasteiger partial charge is 0.251 e. The molecule has 2 aliphatic heterocycles. The van der Waals surface area contributed by atoms with Gasteiger partial charge in [-0.3, -0.25) is 9.79 Å². The van der Waals surface area contributed by atoms with Crippen LogP contribution in [0, 0.1) is 6.92 Å². The van der Waals surface area contributed by atoms with E-state index in [1.165, 1.54) is 11.8 Å². The number of carbonyl (C=O) groups excluding carboxylic acids is 1. The molecule has 30 heavy (non-hydrogen) atoms. The van der Waals surface area contributed by atoms with Gasteiger partial charge in [-0.1, -0.05) is 36.0 Å². The number of nitrogens with one attached hydrogen (secondary N) is 2. The monoisotopic (exact) mass is 445 g/mol. The summed E-state index contributed by atoms with van der Waals surface area (Å²) in [5, 5.41) is 6.87. The van der Waals surface area contributed by atoms with E-state index in [9.17, 15) is 13.2 Å². The number of methoxy groups -OCH3 is 1. The summed E-state index contributed by atoms with van der Waals surface area (Å²) in [6.45, 7) is 2.31. The maximum Gasteiger partial charge on any atom is 0.251 e. The van der Waals surface area contributed by atoms with E-state index in [0.29, 0.717) is 17.3 Å². The summed E-state index contributed by atoms with van der Waals surface area (Å²) in [6, 6.07) is 12.8. The van der Waals surface area contributed by atoms with Crippen molar-refractivity contribution in [3.63, 3.8) is 0 Å². The third-order valence-corrected chi connectivity index (χ3v) is 8.33. The van der Waals surface area contributed by atoms with Crippen LogP contribution in [0.4, 0.5) is 5.69 Å². The highest BCUT2D eigenvalue weighted by molar-refractivity contribution is 8.15. The number of rotatable bonds is 5. The number of benzene rings is 2. The van der Waals surface area contributed by atoms with Gasteiger partial charge in [0, 0.05) is 28.6 Å². The number of hydrogen-bond acceptors (Lipinski definition) is 7. The first-order valence-corrected chi connectivity index (χ1v) is 12.3. The number of fused-ring (bicyclic) bond motifs is 1. The van der Waals surface area contributed by atoms with E-state index in [0.717, 1.165) is 22.6 Å². The molecule has 9 heteroatoms. The number of amides is 1. The molecule has 0 radical (unpaired) electrons. The number of aliphatic imine (C=N–C) groups is 1. The fourth-order valence-corrected chi connectivity index (χ4v) is 7.22. The fraction of sp³-hybridized carbons (Fsp3) is 0.333. The molecular formula is C21H23N3O4S2. The van der Waals surface area contributed by atoms with E-state index in [2.05, 4.69) is 15.6 Å². The molecule has 1 amide bonds. The zero-order chi connectivity index (χ0) is 21.3. The van der Waals surface area contributed by atoms with Gasteiger partial charge in [0.1, 0.15) is 5.75 Å². The minimum atomic E-state index is -2.98. The van der Waals surface area contributed by atoms with E-state index >= 15 is 0 Å². The van der Waals surface area contributed by atoms with E-state index in [-0.39, 0.29) is 28.7 Å². The highest BCUT2D eigenvalue weighted by Crippen LogP contribution is 2.35. The SMILES string of the molecule is COc1ccccc1CNC(=O)c1ccc(C)c(NC2=NC3CS(=O)(=O)CC3S2)c1. The molecule has 0 aromatic heterocycles. The second kappa shape index (κ2) is 8.31. The molecular weight excluding hydrogens is 422 g/mol. The molecule has 4 rings (SSSR count). The Kier molecular flexibility index (Phi) is 5.75. The number of nitrogens with zero attached hydrogens (tertiary/aromatic N) is 1. The van der Waals surface area contributed by atoms with Gasteiger partial charge in [0.05, 0.1) is 24.7 Å². The molecule has 0 bridgehead atoms. The molecule has 2 aliphatic rings. The van der Waals surface area contributed by atoms with E-state index in [1.54, 1.807) is 19.2 Å². The number of sulfone groups is 1.